The minimum atomic E-state index is -0.710. The van der Waals surface area contributed by atoms with E-state index in [2.05, 4.69) is 5.32 Å². The number of amides is 1. The summed E-state index contributed by atoms with van der Waals surface area (Å²) in [5.41, 5.74) is 0.225. The Balaban J connectivity index is 1.92. The van der Waals surface area contributed by atoms with Gasteiger partial charge in [-0.25, -0.2) is 0 Å². The monoisotopic (exact) mass is 293 g/mol. The Labute approximate surface area is 122 Å². The van der Waals surface area contributed by atoms with Crippen molar-refractivity contribution in [2.75, 3.05) is 25.0 Å². The highest BCUT2D eigenvalue weighted by atomic mass is 35.5. The van der Waals surface area contributed by atoms with Gasteiger partial charge in [0.25, 0.3) is 0 Å². The zero-order valence-electron chi connectivity index (χ0n) is 11.2. The summed E-state index contributed by atoms with van der Waals surface area (Å²) in [4.78, 5) is 13.8. The molecule has 1 aromatic rings. The average Bonchev–Trinajstić information content (AvgIpc) is 2.68. The molecule has 1 saturated heterocycles. The SMILES string of the molecule is CC1(O)CCN(CC(=O)Nc2ccc(C#N)c(Cl)c2)C1. The normalized spacial score (nSPS) is 22.5. The van der Waals surface area contributed by atoms with Crippen LogP contribution >= 0.6 is 11.6 Å². The summed E-state index contributed by atoms with van der Waals surface area (Å²) >= 11 is 5.90. The fourth-order valence-corrected chi connectivity index (χ4v) is 2.48. The average molecular weight is 294 g/mol. The molecule has 1 amide bonds. The molecule has 1 aliphatic rings. The van der Waals surface area contributed by atoms with Gasteiger partial charge >= 0.3 is 0 Å². The number of aliphatic hydroxyl groups is 1. The molecular formula is C14H16ClN3O2. The number of nitrogens with one attached hydrogen (secondary N) is 1. The van der Waals surface area contributed by atoms with E-state index in [-0.39, 0.29) is 12.5 Å². The number of β-amino-alcohol motifs (C(OH)–C–C–N with tert-alkyl or cyclic N) is 1. The third kappa shape index (κ3) is 3.70. The maximum absolute atomic E-state index is 11.9. The number of rotatable bonds is 3. The summed E-state index contributed by atoms with van der Waals surface area (Å²) in [5, 5.41) is 21.7. The van der Waals surface area contributed by atoms with Crippen LogP contribution in [0.25, 0.3) is 0 Å². The molecule has 1 aromatic carbocycles. The lowest BCUT2D eigenvalue weighted by Crippen LogP contribution is -2.35. The first kappa shape index (κ1) is 14.8. The molecule has 1 fully saturated rings. The lowest BCUT2D eigenvalue weighted by molar-refractivity contribution is -0.117. The van der Waals surface area contributed by atoms with Crippen molar-refractivity contribution in [3.05, 3.63) is 28.8 Å². The van der Waals surface area contributed by atoms with Crippen LogP contribution in [-0.2, 0) is 4.79 Å². The predicted molar refractivity (Wildman–Crippen MR) is 76.5 cm³/mol. The Morgan fingerprint density at radius 3 is 2.95 bits per heavy atom. The van der Waals surface area contributed by atoms with Gasteiger partial charge in [0, 0.05) is 18.8 Å². The fraction of sp³-hybridized carbons (Fsp3) is 0.429. The summed E-state index contributed by atoms with van der Waals surface area (Å²) in [7, 11) is 0. The van der Waals surface area contributed by atoms with Gasteiger partial charge in [-0.05, 0) is 31.5 Å². The van der Waals surface area contributed by atoms with Crippen molar-refractivity contribution in [2.24, 2.45) is 0 Å². The summed E-state index contributed by atoms with van der Waals surface area (Å²) in [6.07, 6.45) is 0.670. The fourth-order valence-electron chi connectivity index (χ4n) is 2.26. The zero-order valence-corrected chi connectivity index (χ0v) is 11.9. The van der Waals surface area contributed by atoms with E-state index in [1.807, 2.05) is 11.0 Å². The lowest BCUT2D eigenvalue weighted by Gasteiger charge is -2.18. The van der Waals surface area contributed by atoms with E-state index in [1.54, 1.807) is 25.1 Å². The molecule has 1 heterocycles. The molecule has 5 nitrogen and oxygen atoms in total. The number of carbonyl (C=O) groups excluding carboxylic acids is 1. The van der Waals surface area contributed by atoms with Gasteiger partial charge in [-0.2, -0.15) is 5.26 Å². The molecule has 2 N–H and O–H groups in total. The van der Waals surface area contributed by atoms with Crippen molar-refractivity contribution in [3.63, 3.8) is 0 Å². The van der Waals surface area contributed by atoms with Crippen molar-refractivity contribution in [1.82, 2.24) is 4.90 Å². The lowest BCUT2D eigenvalue weighted by atomic mass is 10.1. The minimum absolute atomic E-state index is 0.163. The standard InChI is InChI=1S/C14H16ClN3O2/c1-14(20)4-5-18(9-14)8-13(19)17-11-3-2-10(7-16)12(15)6-11/h2-3,6,20H,4-5,8-9H2,1H3,(H,17,19). The first-order valence-electron chi connectivity index (χ1n) is 6.34. The second kappa shape index (κ2) is 5.80. The van der Waals surface area contributed by atoms with Crippen LogP contribution in [0.2, 0.25) is 5.02 Å². The Kier molecular flexibility index (Phi) is 4.29. The molecule has 1 aliphatic heterocycles. The van der Waals surface area contributed by atoms with Crippen LogP contribution in [0.1, 0.15) is 18.9 Å². The van der Waals surface area contributed by atoms with E-state index < -0.39 is 5.60 Å². The van der Waals surface area contributed by atoms with Crippen molar-refractivity contribution in [2.45, 2.75) is 18.9 Å². The zero-order chi connectivity index (χ0) is 14.8. The quantitative estimate of drug-likeness (QED) is 0.887. The molecule has 6 heteroatoms. The summed E-state index contributed by atoms with van der Waals surface area (Å²) in [6.45, 7) is 3.20. The number of nitrogens with zero attached hydrogens (tertiary/aromatic N) is 2. The van der Waals surface area contributed by atoms with E-state index in [0.717, 1.165) is 0 Å². The first-order chi connectivity index (χ1) is 9.39. The highest BCUT2D eigenvalue weighted by molar-refractivity contribution is 6.32. The predicted octanol–water partition coefficient (Wildman–Crippen LogP) is 1.61. The Hall–Kier alpha value is -1.61. The second-order valence-electron chi connectivity index (χ2n) is 5.31. The van der Waals surface area contributed by atoms with Crippen molar-refractivity contribution < 1.29 is 9.90 Å². The Morgan fingerprint density at radius 2 is 2.40 bits per heavy atom. The summed E-state index contributed by atoms with van der Waals surface area (Å²) < 4.78 is 0. The molecular weight excluding hydrogens is 278 g/mol. The summed E-state index contributed by atoms with van der Waals surface area (Å²) in [6, 6.07) is 6.73. The molecule has 0 aliphatic carbocycles. The number of hydrogen-bond acceptors (Lipinski definition) is 4. The first-order valence-corrected chi connectivity index (χ1v) is 6.72. The van der Waals surface area contributed by atoms with E-state index in [4.69, 9.17) is 16.9 Å². The van der Waals surface area contributed by atoms with Crippen LogP contribution in [0.15, 0.2) is 18.2 Å². The van der Waals surface area contributed by atoms with Crippen LogP contribution in [0, 0.1) is 11.3 Å². The minimum Gasteiger partial charge on any atom is -0.389 e. The van der Waals surface area contributed by atoms with E-state index in [0.29, 0.717) is 35.8 Å². The van der Waals surface area contributed by atoms with Gasteiger partial charge in [-0.15, -0.1) is 0 Å². The number of halogens is 1. The molecule has 106 valence electrons. The van der Waals surface area contributed by atoms with Gasteiger partial charge < -0.3 is 10.4 Å². The molecule has 0 bridgehead atoms. The third-order valence-electron chi connectivity index (χ3n) is 3.27. The largest absolute Gasteiger partial charge is 0.389 e. The van der Waals surface area contributed by atoms with Gasteiger partial charge in [-0.1, -0.05) is 11.6 Å². The van der Waals surface area contributed by atoms with Crippen LogP contribution in [0.3, 0.4) is 0 Å². The summed E-state index contributed by atoms with van der Waals surface area (Å²) in [5.74, 6) is -0.163. The Bertz CT molecular complexity index is 566. The third-order valence-corrected chi connectivity index (χ3v) is 3.58. The van der Waals surface area contributed by atoms with Crippen molar-refractivity contribution in [1.29, 1.82) is 5.26 Å². The number of benzene rings is 1. The molecule has 1 atom stereocenters. The molecule has 1 unspecified atom stereocenters. The van der Waals surface area contributed by atoms with Gasteiger partial charge in [0.1, 0.15) is 6.07 Å². The van der Waals surface area contributed by atoms with E-state index in [1.165, 1.54) is 0 Å². The van der Waals surface area contributed by atoms with E-state index >= 15 is 0 Å². The number of hydrogen-bond donors (Lipinski definition) is 2. The molecule has 2 rings (SSSR count). The Morgan fingerprint density at radius 1 is 1.65 bits per heavy atom. The van der Waals surface area contributed by atoms with Crippen LogP contribution in [0.4, 0.5) is 5.69 Å². The van der Waals surface area contributed by atoms with Gasteiger partial charge in [0.15, 0.2) is 0 Å². The van der Waals surface area contributed by atoms with Gasteiger partial charge in [0.05, 0.1) is 22.7 Å². The highest BCUT2D eigenvalue weighted by Gasteiger charge is 2.31. The number of nitriles is 1. The number of anilines is 1. The maximum atomic E-state index is 11.9. The molecule has 20 heavy (non-hydrogen) atoms. The molecule has 0 spiro atoms. The van der Waals surface area contributed by atoms with Crippen LogP contribution in [0.5, 0.6) is 0 Å². The molecule has 0 radical (unpaired) electrons. The maximum Gasteiger partial charge on any atom is 0.238 e. The number of carbonyl (C=O) groups is 1. The number of likely N-dealkylation sites (tertiary alicyclic amines) is 1. The highest BCUT2D eigenvalue weighted by Crippen LogP contribution is 2.21. The van der Waals surface area contributed by atoms with Crippen LogP contribution in [-0.4, -0.2) is 41.1 Å². The van der Waals surface area contributed by atoms with Crippen molar-refractivity contribution >= 4 is 23.2 Å². The van der Waals surface area contributed by atoms with Gasteiger partial charge in [0.2, 0.25) is 5.91 Å². The smallest absolute Gasteiger partial charge is 0.238 e. The second-order valence-corrected chi connectivity index (χ2v) is 5.72. The van der Waals surface area contributed by atoms with Crippen LogP contribution < -0.4 is 5.32 Å². The topological polar surface area (TPSA) is 76.4 Å². The van der Waals surface area contributed by atoms with Crippen molar-refractivity contribution in [3.8, 4) is 6.07 Å². The van der Waals surface area contributed by atoms with Gasteiger partial charge in [-0.3, -0.25) is 9.69 Å². The van der Waals surface area contributed by atoms with E-state index in [9.17, 15) is 9.90 Å². The molecule has 0 aromatic heterocycles. The molecule has 0 saturated carbocycles.